The minimum absolute atomic E-state index is 0.215. The summed E-state index contributed by atoms with van der Waals surface area (Å²) >= 11 is 0. The van der Waals surface area contributed by atoms with Crippen LogP contribution in [0.25, 0.3) is 0 Å². The van der Waals surface area contributed by atoms with Crippen molar-refractivity contribution in [3.63, 3.8) is 0 Å². The molecule has 0 spiro atoms. The van der Waals surface area contributed by atoms with E-state index in [-0.39, 0.29) is 5.82 Å². The molecule has 23 heavy (non-hydrogen) atoms. The van der Waals surface area contributed by atoms with Crippen LogP contribution in [0.1, 0.15) is 11.1 Å². The second-order valence-corrected chi connectivity index (χ2v) is 5.66. The highest BCUT2D eigenvalue weighted by Gasteiger charge is 2.14. The number of hydrogen-bond donors (Lipinski definition) is 1. The maximum absolute atomic E-state index is 13.8. The van der Waals surface area contributed by atoms with E-state index in [1.165, 1.54) is 6.07 Å². The number of ether oxygens (including phenoxy) is 1. The first-order valence-corrected chi connectivity index (χ1v) is 7.85. The first kappa shape index (κ1) is 17.6. The van der Waals surface area contributed by atoms with Gasteiger partial charge in [-0.1, -0.05) is 48.5 Å². The van der Waals surface area contributed by atoms with E-state index in [4.69, 9.17) is 4.74 Å². The molecular formula is C19H24FNO2. The molecule has 0 aromatic heterocycles. The molecule has 1 N–H and O–H groups in total. The zero-order valence-corrected chi connectivity index (χ0v) is 13.5. The second kappa shape index (κ2) is 9.40. The van der Waals surface area contributed by atoms with Crippen LogP contribution in [0.3, 0.4) is 0 Å². The quantitative estimate of drug-likeness (QED) is 0.772. The highest BCUT2D eigenvalue weighted by molar-refractivity contribution is 5.17. The molecule has 3 nitrogen and oxygen atoms in total. The van der Waals surface area contributed by atoms with E-state index in [1.54, 1.807) is 19.2 Å². The lowest BCUT2D eigenvalue weighted by Gasteiger charge is -2.25. The largest absolute Gasteiger partial charge is 0.391 e. The van der Waals surface area contributed by atoms with Gasteiger partial charge in [0.05, 0.1) is 12.7 Å². The Morgan fingerprint density at radius 3 is 2.48 bits per heavy atom. The van der Waals surface area contributed by atoms with Crippen LogP contribution in [0.5, 0.6) is 0 Å². The van der Waals surface area contributed by atoms with E-state index in [0.717, 1.165) is 5.56 Å². The molecule has 0 radical (unpaired) electrons. The third-order valence-corrected chi connectivity index (χ3v) is 3.75. The molecule has 2 rings (SSSR count). The molecule has 0 saturated carbocycles. The zero-order valence-electron chi connectivity index (χ0n) is 13.5. The fourth-order valence-electron chi connectivity index (χ4n) is 2.57. The van der Waals surface area contributed by atoms with Crippen LogP contribution in [-0.4, -0.2) is 42.9 Å². The fraction of sp³-hybridized carbons (Fsp3) is 0.368. The number of aliphatic hydroxyl groups excluding tert-OH is 1. The van der Waals surface area contributed by atoms with Crippen molar-refractivity contribution in [2.24, 2.45) is 0 Å². The standard InChI is InChI=1S/C19H24FNO2/c1-23-12-11-21(14-17-9-5-6-10-19(17)20)15-18(22)13-16-7-3-2-4-8-16/h2-10,18,22H,11-15H2,1H3/t18-/m1/s1. The van der Waals surface area contributed by atoms with Crippen LogP contribution < -0.4 is 0 Å². The van der Waals surface area contributed by atoms with Gasteiger partial charge in [-0.3, -0.25) is 4.90 Å². The van der Waals surface area contributed by atoms with Crippen molar-refractivity contribution in [2.45, 2.75) is 19.1 Å². The van der Waals surface area contributed by atoms with E-state index in [2.05, 4.69) is 0 Å². The molecule has 0 saturated heterocycles. The Labute approximate surface area is 137 Å². The maximum Gasteiger partial charge on any atom is 0.127 e. The molecule has 0 aliphatic rings. The van der Waals surface area contributed by atoms with Gasteiger partial charge in [0, 0.05) is 32.3 Å². The van der Waals surface area contributed by atoms with Crippen molar-refractivity contribution in [3.8, 4) is 0 Å². The molecule has 2 aromatic carbocycles. The summed E-state index contributed by atoms with van der Waals surface area (Å²) in [6.07, 6.45) is 0.0859. The van der Waals surface area contributed by atoms with Crippen LogP contribution >= 0.6 is 0 Å². The van der Waals surface area contributed by atoms with E-state index >= 15 is 0 Å². The van der Waals surface area contributed by atoms with E-state index in [9.17, 15) is 9.50 Å². The highest BCUT2D eigenvalue weighted by atomic mass is 19.1. The summed E-state index contributed by atoms with van der Waals surface area (Å²) in [5.74, 6) is -0.215. The lowest BCUT2D eigenvalue weighted by Crippen LogP contribution is -2.35. The number of aliphatic hydroxyl groups is 1. The van der Waals surface area contributed by atoms with E-state index < -0.39 is 6.10 Å². The van der Waals surface area contributed by atoms with Gasteiger partial charge in [0.15, 0.2) is 0 Å². The average Bonchev–Trinajstić information content (AvgIpc) is 2.55. The molecule has 0 unspecified atom stereocenters. The minimum Gasteiger partial charge on any atom is -0.391 e. The summed E-state index contributed by atoms with van der Waals surface area (Å²) < 4.78 is 19.0. The number of halogens is 1. The van der Waals surface area contributed by atoms with Crippen molar-refractivity contribution in [3.05, 3.63) is 71.5 Å². The van der Waals surface area contributed by atoms with Crippen molar-refractivity contribution >= 4 is 0 Å². The topological polar surface area (TPSA) is 32.7 Å². The van der Waals surface area contributed by atoms with E-state index in [0.29, 0.717) is 38.2 Å². The van der Waals surface area contributed by atoms with E-state index in [1.807, 2.05) is 41.3 Å². The fourth-order valence-corrected chi connectivity index (χ4v) is 2.57. The molecule has 124 valence electrons. The van der Waals surface area contributed by atoms with Crippen molar-refractivity contribution in [1.29, 1.82) is 0 Å². The number of benzene rings is 2. The van der Waals surface area contributed by atoms with Gasteiger partial charge in [-0.15, -0.1) is 0 Å². The lowest BCUT2D eigenvalue weighted by atomic mass is 10.1. The molecule has 4 heteroatoms. The Kier molecular flexibility index (Phi) is 7.20. The molecule has 0 amide bonds. The molecule has 0 aliphatic heterocycles. The third kappa shape index (κ3) is 6.10. The molecular weight excluding hydrogens is 293 g/mol. The molecule has 2 aromatic rings. The summed E-state index contributed by atoms with van der Waals surface area (Å²) in [7, 11) is 1.64. The van der Waals surface area contributed by atoms with Crippen LogP contribution in [0.15, 0.2) is 54.6 Å². The van der Waals surface area contributed by atoms with Crippen LogP contribution in [-0.2, 0) is 17.7 Å². The van der Waals surface area contributed by atoms with Gasteiger partial charge in [0.1, 0.15) is 5.82 Å². The van der Waals surface area contributed by atoms with Gasteiger partial charge >= 0.3 is 0 Å². The normalized spacial score (nSPS) is 12.5. The summed E-state index contributed by atoms with van der Waals surface area (Å²) in [6.45, 7) is 2.14. The first-order valence-electron chi connectivity index (χ1n) is 7.85. The van der Waals surface area contributed by atoms with Crippen molar-refractivity contribution < 1.29 is 14.2 Å². The predicted octanol–water partition coefficient (Wildman–Crippen LogP) is 2.88. The van der Waals surface area contributed by atoms with Crippen LogP contribution in [0.4, 0.5) is 4.39 Å². The average molecular weight is 317 g/mol. The van der Waals surface area contributed by atoms with Gasteiger partial charge in [-0.2, -0.15) is 0 Å². The summed E-state index contributed by atoms with van der Waals surface area (Å²) in [4.78, 5) is 2.02. The third-order valence-electron chi connectivity index (χ3n) is 3.75. The highest BCUT2D eigenvalue weighted by Crippen LogP contribution is 2.11. The summed E-state index contributed by atoms with van der Waals surface area (Å²) in [5, 5.41) is 10.3. The van der Waals surface area contributed by atoms with Gasteiger partial charge in [0.25, 0.3) is 0 Å². The van der Waals surface area contributed by atoms with Crippen molar-refractivity contribution in [1.82, 2.24) is 4.90 Å². The van der Waals surface area contributed by atoms with Gasteiger partial charge in [-0.05, 0) is 18.1 Å². The van der Waals surface area contributed by atoms with Gasteiger partial charge < -0.3 is 9.84 Å². The maximum atomic E-state index is 13.8. The lowest BCUT2D eigenvalue weighted by molar-refractivity contribution is 0.0845. The number of hydrogen-bond acceptors (Lipinski definition) is 3. The molecule has 0 bridgehead atoms. The Bertz CT molecular complexity index is 577. The molecule has 0 heterocycles. The number of nitrogens with zero attached hydrogens (tertiary/aromatic N) is 1. The van der Waals surface area contributed by atoms with Crippen LogP contribution in [0, 0.1) is 5.82 Å². The summed E-state index contributed by atoms with van der Waals surface area (Å²) in [5.41, 5.74) is 1.73. The zero-order chi connectivity index (χ0) is 16.5. The second-order valence-electron chi connectivity index (χ2n) is 5.66. The Morgan fingerprint density at radius 2 is 1.78 bits per heavy atom. The summed E-state index contributed by atoms with van der Waals surface area (Å²) in [6, 6.07) is 16.6. The Balaban J connectivity index is 1.96. The number of rotatable bonds is 9. The van der Waals surface area contributed by atoms with Gasteiger partial charge in [0.2, 0.25) is 0 Å². The molecule has 1 atom stereocenters. The molecule has 0 aliphatic carbocycles. The monoisotopic (exact) mass is 317 g/mol. The first-order chi connectivity index (χ1) is 11.2. The predicted molar refractivity (Wildman–Crippen MR) is 89.7 cm³/mol. The molecule has 0 fully saturated rings. The van der Waals surface area contributed by atoms with Crippen molar-refractivity contribution in [2.75, 3.05) is 26.8 Å². The SMILES string of the molecule is COCCN(Cc1ccccc1F)C[C@H](O)Cc1ccccc1. The van der Waals surface area contributed by atoms with Gasteiger partial charge in [-0.25, -0.2) is 4.39 Å². The Morgan fingerprint density at radius 1 is 1.09 bits per heavy atom. The minimum atomic E-state index is -0.499. The smallest absolute Gasteiger partial charge is 0.127 e. The van der Waals surface area contributed by atoms with Crippen LogP contribution in [0.2, 0.25) is 0 Å². The number of methoxy groups -OCH3 is 1. The Hall–Kier alpha value is -1.75.